The molecule has 35 heavy (non-hydrogen) atoms. The van der Waals surface area contributed by atoms with Gasteiger partial charge in [-0.1, -0.05) is 78.6 Å². The van der Waals surface area contributed by atoms with Crippen molar-refractivity contribution in [1.82, 2.24) is 29.9 Å². The van der Waals surface area contributed by atoms with Crippen LogP contribution in [0, 0.1) is 0 Å². The number of nitrogens with zero attached hydrogens (tertiary/aromatic N) is 6. The van der Waals surface area contributed by atoms with Crippen LogP contribution in [0.5, 0.6) is 0 Å². The lowest BCUT2D eigenvalue weighted by molar-refractivity contribution is -0.113. The van der Waals surface area contributed by atoms with Crippen molar-refractivity contribution in [2.75, 3.05) is 11.1 Å². The summed E-state index contributed by atoms with van der Waals surface area (Å²) in [5, 5.41) is 22.9. The van der Waals surface area contributed by atoms with E-state index in [1.807, 2.05) is 73.0 Å². The van der Waals surface area contributed by atoms with E-state index in [0.29, 0.717) is 16.8 Å². The zero-order valence-corrected chi connectivity index (χ0v) is 20.9. The number of thioether (sulfide) groups is 1. The van der Waals surface area contributed by atoms with Crippen LogP contribution in [0.4, 0.5) is 5.13 Å². The van der Waals surface area contributed by atoms with E-state index in [2.05, 4.69) is 31.8 Å². The molecular weight excluding hydrogens is 478 g/mol. The Morgan fingerprint density at radius 1 is 1.00 bits per heavy atom. The molecular formula is C25H23N7OS2. The fourth-order valence-corrected chi connectivity index (χ4v) is 5.23. The van der Waals surface area contributed by atoms with Crippen LogP contribution in [0.3, 0.4) is 0 Å². The van der Waals surface area contributed by atoms with Crippen LogP contribution in [-0.4, -0.2) is 41.6 Å². The molecule has 3 aromatic heterocycles. The zero-order chi connectivity index (χ0) is 24.2. The SMILES string of the molecule is CCc1nnc(NC(=O)CSc2nnc(-c3cc(-c4ccccc4)nc4ccccc34)n2CC)s1. The maximum Gasteiger partial charge on any atom is 0.236 e. The van der Waals surface area contributed by atoms with Gasteiger partial charge in [0.25, 0.3) is 0 Å². The number of para-hydroxylation sites is 1. The quantitative estimate of drug-likeness (QED) is 0.287. The molecule has 1 N–H and O–H groups in total. The summed E-state index contributed by atoms with van der Waals surface area (Å²) in [4.78, 5) is 17.4. The first-order chi connectivity index (χ1) is 17.2. The van der Waals surface area contributed by atoms with Gasteiger partial charge in [-0.2, -0.15) is 0 Å². The van der Waals surface area contributed by atoms with E-state index in [1.165, 1.54) is 23.1 Å². The number of aryl methyl sites for hydroxylation is 1. The van der Waals surface area contributed by atoms with E-state index in [1.54, 1.807) is 0 Å². The van der Waals surface area contributed by atoms with Crippen LogP contribution in [0.1, 0.15) is 18.9 Å². The molecule has 8 nitrogen and oxygen atoms in total. The molecule has 5 aromatic rings. The summed E-state index contributed by atoms with van der Waals surface area (Å²) in [6.45, 7) is 4.72. The molecule has 0 aliphatic carbocycles. The fraction of sp³-hybridized carbons (Fsp3) is 0.200. The van der Waals surface area contributed by atoms with Crippen LogP contribution in [0.15, 0.2) is 65.8 Å². The first kappa shape index (κ1) is 23.1. The number of amides is 1. The molecule has 176 valence electrons. The summed E-state index contributed by atoms with van der Waals surface area (Å²) in [5.74, 6) is 0.801. The number of benzene rings is 2. The van der Waals surface area contributed by atoms with Gasteiger partial charge in [-0.15, -0.1) is 20.4 Å². The third-order valence-corrected chi connectivity index (χ3v) is 7.36. The van der Waals surface area contributed by atoms with Gasteiger partial charge in [-0.25, -0.2) is 4.98 Å². The normalized spacial score (nSPS) is 11.1. The number of fused-ring (bicyclic) bond motifs is 1. The Bertz CT molecular complexity index is 1480. The van der Waals surface area contributed by atoms with E-state index in [-0.39, 0.29) is 11.7 Å². The average molecular weight is 502 g/mol. The monoisotopic (exact) mass is 501 g/mol. The second kappa shape index (κ2) is 10.3. The topological polar surface area (TPSA) is 98.5 Å². The van der Waals surface area contributed by atoms with Crippen LogP contribution in [0.2, 0.25) is 0 Å². The van der Waals surface area contributed by atoms with E-state index in [9.17, 15) is 4.79 Å². The fourth-order valence-electron chi connectivity index (χ4n) is 3.73. The van der Waals surface area contributed by atoms with Crippen molar-refractivity contribution in [3.05, 3.63) is 65.7 Å². The summed E-state index contributed by atoms with van der Waals surface area (Å²) in [5.41, 5.74) is 3.77. The van der Waals surface area contributed by atoms with Gasteiger partial charge in [-0.05, 0) is 25.5 Å². The maximum absolute atomic E-state index is 12.5. The standard InChI is InChI=1S/C25H23N7OS2/c1-3-22-28-30-24(35-22)27-21(33)15-34-25-31-29-23(32(25)4-2)18-14-20(16-10-6-5-7-11-16)26-19-13-9-8-12-17(18)19/h5-14H,3-4,15H2,1-2H3,(H,27,30,33). The average Bonchev–Trinajstić information content (AvgIpc) is 3.53. The van der Waals surface area contributed by atoms with Crippen molar-refractivity contribution in [1.29, 1.82) is 0 Å². The predicted octanol–water partition coefficient (Wildman–Crippen LogP) is 5.32. The van der Waals surface area contributed by atoms with Gasteiger partial charge in [0.2, 0.25) is 11.0 Å². The molecule has 0 saturated heterocycles. The van der Waals surface area contributed by atoms with Gasteiger partial charge >= 0.3 is 0 Å². The second-order valence-corrected chi connectivity index (χ2v) is 9.68. The first-order valence-corrected chi connectivity index (χ1v) is 13.1. The molecule has 5 rings (SSSR count). The Morgan fingerprint density at radius 3 is 2.57 bits per heavy atom. The number of hydrogen-bond donors (Lipinski definition) is 1. The number of nitrogens with one attached hydrogen (secondary N) is 1. The smallest absolute Gasteiger partial charge is 0.236 e. The zero-order valence-electron chi connectivity index (χ0n) is 19.3. The number of pyridine rings is 1. The highest BCUT2D eigenvalue weighted by Gasteiger charge is 2.18. The van der Waals surface area contributed by atoms with Gasteiger partial charge in [0.15, 0.2) is 11.0 Å². The minimum atomic E-state index is -0.151. The number of anilines is 1. The summed E-state index contributed by atoms with van der Waals surface area (Å²) in [6.07, 6.45) is 0.792. The Hall–Kier alpha value is -3.63. The van der Waals surface area contributed by atoms with Crippen molar-refractivity contribution in [3.8, 4) is 22.6 Å². The molecule has 0 aliphatic rings. The van der Waals surface area contributed by atoms with E-state index < -0.39 is 0 Å². The lowest BCUT2D eigenvalue weighted by atomic mass is 10.0. The van der Waals surface area contributed by atoms with Crippen molar-refractivity contribution >= 4 is 45.0 Å². The molecule has 0 radical (unpaired) electrons. The Balaban J connectivity index is 1.44. The molecule has 0 spiro atoms. The maximum atomic E-state index is 12.5. The first-order valence-electron chi connectivity index (χ1n) is 11.3. The van der Waals surface area contributed by atoms with Crippen LogP contribution >= 0.6 is 23.1 Å². The molecule has 2 aromatic carbocycles. The van der Waals surface area contributed by atoms with Crippen molar-refractivity contribution in [3.63, 3.8) is 0 Å². The number of carbonyl (C=O) groups is 1. The highest BCUT2D eigenvalue weighted by Crippen LogP contribution is 2.33. The Morgan fingerprint density at radius 2 is 1.80 bits per heavy atom. The summed E-state index contributed by atoms with van der Waals surface area (Å²) < 4.78 is 2.04. The number of rotatable bonds is 8. The highest BCUT2D eigenvalue weighted by molar-refractivity contribution is 7.99. The summed E-state index contributed by atoms with van der Waals surface area (Å²) in [6, 6.07) is 20.2. The summed E-state index contributed by atoms with van der Waals surface area (Å²) >= 11 is 2.74. The molecule has 0 saturated carbocycles. The predicted molar refractivity (Wildman–Crippen MR) is 141 cm³/mol. The van der Waals surface area contributed by atoms with Gasteiger partial charge < -0.3 is 4.57 Å². The van der Waals surface area contributed by atoms with Gasteiger partial charge in [0.1, 0.15) is 5.01 Å². The molecule has 1 amide bonds. The molecule has 10 heteroatoms. The van der Waals surface area contributed by atoms with Gasteiger partial charge in [-0.3, -0.25) is 10.1 Å². The largest absolute Gasteiger partial charge is 0.302 e. The second-order valence-electron chi connectivity index (χ2n) is 7.68. The van der Waals surface area contributed by atoms with E-state index in [4.69, 9.17) is 4.98 Å². The molecule has 3 heterocycles. The molecule has 0 bridgehead atoms. The lowest BCUT2D eigenvalue weighted by Crippen LogP contribution is -2.14. The Labute approximate surface area is 210 Å². The van der Waals surface area contributed by atoms with Crippen molar-refractivity contribution in [2.45, 2.75) is 32.0 Å². The third kappa shape index (κ3) is 4.94. The Kier molecular flexibility index (Phi) is 6.82. The molecule has 0 fully saturated rings. The highest BCUT2D eigenvalue weighted by atomic mass is 32.2. The van der Waals surface area contributed by atoms with Crippen LogP contribution in [0.25, 0.3) is 33.5 Å². The molecule has 0 atom stereocenters. The summed E-state index contributed by atoms with van der Waals surface area (Å²) in [7, 11) is 0. The van der Waals surface area contributed by atoms with E-state index in [0.717, 1.165) is 45.0 Å². The number of hydrogen-bond acceptors (Lipinski definition) is 8. The third-order valence-electron chi connectivity index (χ3n) is 5.41. The van der Waals surface area contributed by atoms with Crippen molar-refractivity contribution < 1.29 is 4.79 Å². The minimum absolute atomic E-state index is 0.151. The van der Waals surface area contributed by atoms with Crippen LogP contribution in [-0.2, 0) is 17.8 Å². The van der Waals surface area contributed by atoms with Crippen LogP contribution < -0.4 is 5.32 Å². The number of aromatic nitrogens is 6. The minimum Gasteiger partial charge on any atom is -0.302 e. The van der Waals surface area contributed by atoms with Crippen molar-refractivity contribution in [2.24, 2.45) is 0 Å². The molecule has 0 unspecified atom stereocenters. The van der Waals surface area contributed by atoms with Gasteiger partial charge in [0.05, 0.1) is 17.0 Å². The van der Waals surface area contributed by atoms with E-state index >= 15 is 0 Å². The lowest BCUT2D eigenvalue weighted by Gasteiger charge is -2.11. The number of carbonyl (C=O) groups excluding carboxylic acids is 1. The van der Waals surface area contributed by atoms with Gasteiger partial charge in [0, 0.05) is 23.1 Å². The molecule has 0 aliphatic heterocycles.